The van der Waals surface area contributed by atoms with E-state index in [9.17, 15) is 4.79 Å². The summed E-state index contributed by atoms with van der Waals surface area (Å²) in [5.74, 6) is 2.40. The third-order valence-electron chi connectivity index (χ3n) is 4.45. The van der Waals surface area contributed by atoms with E-state index >= 15 is 0 Å². The molecule has 1 aliphatic carbocycles. The lowest BCUT2D eigenvalue weighted by Gasteiger charge is -2.35. The summed E-state index contributed by atoms with van der Waals surface area (Å²) in [5, 5.41) is 20.3. The van der Waals surface area contributed by atoms with Gasteiger partial charge in [0.05, 0.1) is 5.56 Å². The van der Waals surface area contributed by atoms with Gasteiger partial charge in [-0.25, -0.2) is 4.98 Å². The number of pyridine rings is 1. The standard InChI is InChI=1S/C16H22N6O2/c1-21(2)13-5-4-10(8-17-13)16(24)18-12-6-11(7-12)15-20-19-14(9-23)22(15)3/h4-5,8,11-12,23H,6-7,9H2,1-3H3,(H,18,24). The minimum atomic E-state index is -0.119. The predicted molar refractivity (Wildman–Crippen MR) is 88.7 cm³/mol. The van der Waals surface area contributed by atoms with E-state index in [1.165, 1.54) is 0 Å². The van der Waals surface area contributed by atoms with Crippen molar-refractivity contribution in [1.29, 1.82) is 0 Å². The molecule has 2 N–H and O–H groups in total. The molecule has 0 aromatic carbocycles. The van der Waals surface area contributed by atoms with Crippen molar-refractivity contribution in [3.05, 3.63) is 35.5 Å². The van der Waals surface area contributed by atoms with Crippen molar-refractivity contribution in [1.82, 2.24) is 25.1 Å². The van der Waals surface area contributed by atoms with Gasteiger partial charge in [-0.1, -0.05) is 0 Å². The van der Waals surface area contributed by atoms with E-state index in [1.807, 2.05) is 36.7 Å². The summed E-state index contributed by atoms with van der Waals surface area (Å²) in [6.45, 7) is -0.119. The number of hydrogen-bond donors (Lipinski definition) is 2. The Bertz CT molecular complexity index is 719. The molecule has 1 aliphatic rings. The second-order valence-electron chi connectivity index (χ2n) is 6.33. The predicted octanol–water partition coefficient (Wildman–Crippen LogP) is 0.444. The van der Waals surface area contributed by atoms with Gasteiger partial charge >= 0.3 is 0 Å². The smallest absolute Gasteiger partial charge is 0.253 e. The fraction of sp³-hybridized carbons (Fsp3) is 0.500. The minimum Gasteiger partial charge on any atom is -0.388 e. The Morgan fingerprint density at radius 3 is 2.67 bits per heavy atom. The SMILES string of the molecule is CN(C)c1ccc(C(=O)NC2CC(c3nnc(CO)n3C)C2)cn1. The molecule has 0 bridgehead atoms. The number of carbonyl (C=O) groups excluding carboxylic acids is 1. The molecule has 24 heavy (non-hydrogen) atoms. The Morgan fingerprint density at radius 2 is 2.12 bits per heavy atom. The van der Waals surface area contributed by atoms with Crippen molar-refractivity contribution in [3.63, 3.8) is 0 Å². The highest BCUT2D eigenvalue weighted by molar-refractivity contribution is 5.94. The first kappa shape index (κ1) is 16.4. The first-order chi connectivity index (χ1) is 11.5. The molecule has 0 atom stereocenters. The molecular formula is C16H22N6O2. The number of nitrogens with zero attached hydrogens (tertiary/aromatic N) is 5. The van der Waals surface area contributed by atoms with Crippen LogP contribution in [0.25, 0.3) is 0 Å². The van der Waals surface area contributed by atoms with Crippen LogP contribution in [0.1, 0.15) is 40.8 Å². The number of nitrogens with one attached hydrogen (secondary N) is 1. The third kappa shape index (κ3) is 3.09. The number of aromatic nitrogens is 4. The number of aliphatic hydroxyl groups is 1. The van der Waals surface area contributed by atoms with Gasteiger partial charge in [0.2, 0.25) is 0 Å². The quantitative estimate of drug-likeness (QED) is 0.826. The molecule has 1 saturated carbocycles. The normalized spacial score (nSPS) is 19.7. The lowest BCUT2D eigenvalue weighted by Crippen LogP contribution is -2.44. The molecule has 1 fully saturated rings. The van der Waals surface area contributed by atoms with E-state index in [2.05, 4.69) is 20.5 Å². The van der Waals surface area contributed by atoms with Crippen molar-refractivity contribution >= 4 is 11.7 Å². The first-order valence-corrected chi connectivity index (χ1v) is 7.93. The number of rotatable bonds is 5. The Kier molecular flexibility index (Phi) is 4.48. The van der Waals surface area contributed by atoms with Crippen molar-refractivity contribution in [2.24, 2.45) is 7.05 Å². The minimum absolute atomic E-state index is 0.106. The molecule has 0 spiro atoms. The van der Waals surface area contributed by atoms with Crippen LogP contribution in [0.3, 0.4) is 0 Å². The average molecular weight is 330 g/mol. The highest BCUT2D eigenvalue weighted by atomic mass is 16.3. The summed E-state index contributed by atoms with van der Waals surface area (Å²) < 4.78 is 1.83. The molecule has 0 unspecified atom stereocenters. The molecule has 0 saturated heterocycles. The molecule has 2 aromatic heterocycles. The number of hydrogen-bond acceptors (Lipinski definition) is 6. The summed E-state index contributed by atoms with van der Waals surface area (Å²) in [6, 6.07) is 3.74. The van der Waals surface area contributed by atoms with Crippen LogP contribution in [0.2, 0.25) is 0 Å². The summed E-state index contributed by atoms with van der Waals surface area (Å²) in [6.07, 6.45) is 3.25. The van der Waals surface area contributed by atoms with Crippen LogP contribution in [0.4, 0.5) is 5.82 Å². The van der Waals surface area contributed by atoms with Crippen LogP contribution in [-0.2, 0) is 13.7 Å². The van der Waals surface area contributed by atoms with Gasteiger partial charge in [-0.05, 0) is 25.0 Å². The summed E-state index contributed by atoms with van der Waals surface area (Å²) in [4.78, 5) is 18.4. The summed E-state index contributed by atoms with van der Waals surface area (Å²) >= 11 is 0. The van der Waals surface area contributed by atoms with E-state index in [0.717, 1.165) is 24.5 Å². The molecule has 1 amide bonds. The fourth-order valence-electron chi connectivity index (χ4n) is 2.87. The van der Waals surface area contributed by atoms with Crippen LogP contribution < -0.4 is 10.2 Å². The van der Waals surface area contributed by atoms with Crippen molar-refractivity contribution in [2.75, 3.05) is 19.0 Å². The Balaban J connectivity index is 1.55. The molecule has 128 valence electrons. The zero-order chi connectivity index (χ0) is 17.3. The Hall–Kier alpha value is -2.48. The molecule has 2 aromatic rings. The molecule has 8 nitrogen and oxygen atoms in total. The lowest BCUT2D eigenvalue weighted by atomic mass is 9.79. The zero-order valence-electron chi connectivity index (χ0n) is 14.1. The number of anilines is 1. The van der Waals surface area contributed by atoms with Crippen LogP contribution in [0.15, 0.2) is 18.3 Å². The van der Waals surface area contributed by atoms with Crippen molar-refractivity contribution < 1.29 is 9.90 Å². The van der Waals surface area contributed by atoms with Crippen molar-refractivity contribution in [3.8, 4) is 0 Å². The number of amides is 1. The maximum atomic E-state index is 12.3. The van der Waals surface area contributed by atoms with Crippen molar-refractivity contribution in [2.45, 2.75) is 31.4 Å². The van der Waals surface area contributed by atoms with Gasteiger partial charge in [-0.3, -0.25) is 4.79 Å². The molecular weight excluding hydrogens is 308 g/mol. The van der Waals surface area contributed by atoms with Gasteiger partial charge in [0.1, 0.15) is 18.2 Å². The van der Waals surface area contributed by atoms with Crippen LogP contribution in [0, 0.1) is 0 Å². The first-order valence-electron chi connectivity index (χ1n) is 7.93. The number of aliphatic hydroxyl groups excluding tert-OH is 1. The van der Waals surface area contributed by atoms with Crippen LogP contribution in [0.5, 0.6) is 0 Å². The Labute approximate surface area is 140 Å². The molecule has 0 aliphatic heterocycles. The second-order valence-corrected chi connectivity index (χ2v) is 6.33. The number of carbonyl (C=O) groups is 1. The maximum Gasteiger partial charge on any atom is 0.253 e. The van der Waals surface area contributed by atoms with Gasteiger partial charge in [0, 0.05) is 39.3 Å². The highest BCUT2D eigenvalue weighted by Crippen LogP contribution is 2.36. The third-order valence-corrected chi connectivity index (χ3v) is 4.45. The van der Waals surface area contributed by atoms with E-state index < -0.39 is 0 Å². The maximum absolute atomic E-state index is 12.3. The van der Waals surface area contributed by atoms with E-state index in [0.29, 0.717) is 11.4 Å². The summed E-state index contributed by atoms with van der Waals surface area (Å²) in [5.41, 5.74) is 0.560. The van der Waals surface area contributed by atoms with Crippen LogP contribution >= 0.6 is 0 Å². The van der Waals surface area contributed by atoms with E-state index in [-0.39, 0.29) is 24.5 Å². The van der Waals surface area contributed by atoms with Gasteiger partial charge in [-0.15, -0.1) is 10.2 Å². The van der Waals surface area contributed by atoms with Crippen LogP contribution in [-0.4, -0.2) is 50.9 Å². The highest BCUT2D eigenvalue weighted by Gasteiger charge is 2.35. The van der Waals surface area contributed by atoms with E-state index in [1.54, 1.807) is 12.3 Å². The topological polar surface area (TPSA) is 96.2 Å². The lowest BCUT2D eigenvalue weighted by molar-refractivity contribution is 0.0906. The Morgan fingerprint density at radius 1 is 1.38 bits per heavy atom. The second kappa shape index (κ2) is 6.56. The zero-order valence-corrected chi connectivity index (χ0v) is 14.1. The molecule has 3 rings (SSSR count). The van der Waals surface area contributed by atoms with E-state index in [4.69, 9.17) is 5.11 Å². The monoisotopic (exact) mass is 330 g/mol. The molecule has 2 heterocycles. The largest absolute Gasteiger partial charge is 0.388 e. The summed E-state index contributed by atoms with van der Waals surface area (Å²) in [7, 11) is 5.67. The van der Waals surface area contributed by atoms with Gasteiger partial charge in [-0.2, -0.15) is 0 Å². The van der Waals surface area contributed by atoms with Gasteiger partial charge in [0.25, 0.3) is 5.91 Å². The molecule has 8 heteroatoms. The average Bonchev–Trinajstić information content (AvgIpc) is 2.90. The fourth-order valence-corrected chi connectivity index (χ4v) is 2.87. The molecule has 0 radical (unpaired) electrons. The van der Waals surface area contributed by atoms with Gasteiger partial charge in [0.15, 0.2) is 5.82 Å². The van der Waals surface area contributed by atoms with Gasteiger partial charge < -0.3 is 19.9 Å².